The van der Waals surface area contributed by atoms with E-state index >= 15 is 0 Å². The summed E-state index contributed by atoms with van der Waals surface area (Å²) in [5.74, 6) is 0.925. The monoisotopic (exact) mass is 190 g/mol. The van der Waals surface area contributed by atoms with Crippen LogP contribution in [0.4, 0.5) is 0 Å². The predicted octanol–water partition coefficient (Wildman–Crippen LogP) is 2.39. The van der Waals surface area contributed by atoms with Gasteiger partial charge in [0, 0.05) is 11.6 Å². The summed E-state index contributed by atoms with van der Waals surface area (Å²) in [5.41, 5.74) is 6.77. The smallest absolute Gasteiger partial charge is 0.0940 e. The van der Waals surface area contributed by atoms with E-state index < -0.39 is 0 Å². The number of nitriles is 1. The molecule has 0 aliphatic heterocycles. The molecule has 0 amide bonds. The lowest BCUT2D eigenvalue weighted by molar-refractivity contribution is 0.308. The van der Waals surface area contributed by atoms with E-state index in [1.807, 2.05) is 13.0 Å². The first-order valence-electron chi connectivity index (χ1n) is 5.14. The van der Waals surface area contributed by atoms with Gasteiger partial charge in [0.2, 0.25) is 0 Å². The van der Waals surface area contributed by atoms with Gasteiger partial charge in [0.25, 0.3) is 0 Å². The fraction of sp³-hybridized carbons (Fsp3) is 0.583. The molecular formula is C12H18N2. The number of hydrogen-bond donors (Lipinski definition) is 1. The highest BCUT2D eigenvalue weighted by molar-refractivity contribution is 5.19. The summed E-state index contributed by atoms with van der Waals surface area (Å²) in [4.78, 5) is 0. The molecule has 0 radical (unpaired) electrons. The van der Waals surface area contributed by atoms with Crippen LogP contribution < -0.4 is 5.73 Å². The Kier molecular flexibility index (Phi) is 3.91. The van der Waals surface area contributed by atoms with Gasteiger partial charge in [-0.2, -0.15) is 5.26 Å². The highest BCUT2D eigenvalue weighted by atomic mass is 14.7. The Morgan fingerprint density at radius 1 is 1.57 bits per heavy atom. The molecule has 0 aromatic rings. The van der Waals surface area contributed by atoms with Crippen LogP contribution in [-0.2, 0) is 0 Å². The fourth-order valence-corrected chi connectivity index (χ4v) is 2.08. The maximum atomic E-state index is 8.68. The largest absolute Gasteiger partial charge is 0.327 e. The molecule has 1 aliphatic carbocycles. The van der Waals surface area contributed by atoms with Gasteiger partial charge in [-0.15, -0.1) is 6.58 Å². The van der Waals surface area contributed by atoms with Gasteiger partial charge in [-0.3, -0.25) is 0 Å². The van der Waals surface area contributed by atoms with Crippen molar-refractivity contribution in [2.75, 3.05) is 0 Å². The van der Waals surface area contributed by atoms with E-state index in [0.29, 0.717) is 11.8 Å². The molecule has 1 fully saturated rings. The first-order valence-corrected chi connectivity index (χ1v) is 5.14. The minimum atomic E-state index is 0.263. The summed E-state index contributed by atoms with van der Waals surface area (Å²) in [6.45, 7) is 5.66. The van der Waals surface area contributed by atoms with E-state index in [9.17, 15) is 0 Å². The first-order chi connectivity index (χ1) is 6.67. The Morgan fingerprint density at radius 2 is 2.29 bits per heavy atom. The van der Waals surface area contributed by atoms with Gasteiger partial charge < -0.3 is 5.73 Å². The summed E-state index contributed by atoms with van der Waals surface area (Å²) >= 11 is 0. The molecule has 0 aromatic carbocycles. The van der Waals surface area contributed by atoms with Crippen LogP contribution in [0.1, 0.15) is 26.2 Å². The van der Waals surface area contributed by atoms with Gasteiger partial charge in [0.1, 0.15) is 0 Å². The zero-order chi connectivity index (χ0) is 10.6. The Bertz CT molecular complexity index is 273. The molecule has 1 aliphatic rings. The average molecular weight is 190 g/mol. The molecule has 1 rings (SSSR count). The van der Waals surface area contributed by atoms with Crippen molar-refractivity contribution in [2.24, 2.45) is 17.6 Å². The van der Waals surface area contributed by atoms with Gasteiger partial charge in [-0.25, -0.2) is 0 Å². The van der Waals surface area contributed by atoms with Crippen LogP contribution in [0.5, 0.6) is 0 Å². The maximum absolute atomic E-state index is 8.68. The molecule has 0 spiro atoms. The predicted molar refractivity (Wildman–Crippen MR) is 58.4 cm³/mol. The second-order valence-electron chi connectivity index (χ2n) is 4.10. The first kappa shape index (κ1) is 11.0. The Labute approximate surface area is 86.1 Å². The van der Waals surface area contributed by atoms with Gasteiger partial charge in [0.05, 0.1) is 6.07 Å². The number of nitrogens with two attached hydrogens (primary N) is 1. The second kappa shape index (κ2) is 4.97. The molecule has 0 aromatic heterocycles. The Hall–Kier alpha value is -1.07. The molecule has 2 unspecified atom stereocenters. The van der Waals surface area contributed by atoms with E-state index in [-0.39, 0.29) is 6.04 Å². The zero-order valence-electron chi connectivity index (χ0n) is 8.74. The van der Waals surface area contributed by atoms with Crippen LogP contribution in [0.15, 0.2) is 24.3 Å². The third kappa shape index (κ3) is 2.71. The number of hydrogen-bond acceptors (Lipinski definition) is 2. The number of allylic oxidation sites excluding steroid dienone is 2. The molecule has 14 heavy (non-hydrogen) atoms. The summed E-state index contributed by atoms with van der Waals surface area (Å²) in [5, 5.41) is 8.68. The van der Waals surface area contributed by atoms with E-state index in [2.05, 4.69) is 18.7 Å². The lowest BCUT2D eigenvalue weighted by atomic mass is 9.78. The number of rotatable bonds is 2. The zero-order valence-corrected chi connectivity index (χ0v) is 8.74. The average Bonchev–Trinajstić information content (AvgIpc) is 2.20. The second-order valence-corrected chi connectivity index (χ2v) is 4.10. The van der Waals surface area contributed by atoms with Crippen molar-refractivity contribution >= 4 is 0 Å². The third-order valence-electron chi connectivity index (χ3n) is 2.96. The van der Waals surface area contributed by atoms with Gasteiger partial charge in [0.15, 0.2) is 0 Å². The topological polar surface area (TPSA) is 49.8 Å². The molecule has 0 saturated heterocycles. The maximum Gasteiger partial charge on any atom is 0.0940 e. The van der Waals surface area contributed by atoms with Gasteiger partial charge >= 0.3 is 0 Å². The van der Waals surface area contributed by atoms with Crippen LogP contribution in [0.25, 0.3) is 0 Å². The van der Waals surface area contributed by atoms with Crippen molar-refractivity contribution in [3.63, 3.8) is 0 Å². The molecule has 1 saturated carbocycles. The van der Waals surface area contributed by atoms with Crippen molar-refractivity contribution in [3.05, 3.63) is 24.3 Å². The van der Waals surface area contributed by atoms with Crippen molar-refractivity contribution in [2.45, 2.75) is 32.2 Å². The third-order valence-corrected chi connectivity index (χ3v) is 2.96. The lowest BCUT2D eigenvalue weighted by Gasteiger charge is -2.30. The van der Waals surface area contributed by atoms with Crippen molar-refractivity contribution in [1.82, 2.24) is 0 Å². The lowest BCUT2D eigenvalue weighted by Crippen LogP contribution is -2.34. The summed E-state index contributed by atoms with van der Waals surface area (Å²) < 4.78 is 0. The van der Waals surface area contributed by atoms with Crippen LogP contribution in [0, 0.1) is 23.2 Å². The molecule has 2 heteroatoms. The van der Waals surface area contributed by atoms with Crippen LogP contribution in [-0.4, -0.2) is 6.04 Å². The number of nitrogens with zero attached hydrogens (tertiary/aromatic N) is 1. The minimum absolute atomic E-state index is 0.263. The highest BCUT2D eigenvalue weighted by Gasteiger charge is 2.24. The summed E-state index contributed by atoms with van der Waals surface area (Å²) in [6.07, 6.45) is 7.21. The highest BCUT2D eigenvalue weighted by Crippen LogP contribution is 2.30. The molecule has 0 heterocycles. The Balaban J connectivity index is 2.60. The molecule has 76 valence electrons. The van der Waals surface area contributed by atoms with Crippen LogP contribution in [0.3, 0.4) is 0 Å². The standard InChI is InChI=1S/C12H18N2/c1-3-11-7-10(4-5-12(11)14)6-9(2)8-13/h3,6,10-12H,1,4-5,7,14H2,2H3/b9-6+/t10?,11?,12-/m0/s1. The van der Waals surface area contributed by atoms with Crippen LogP contribution >= 0.6 is 0 Å². The Morgan fingerprint density at radius 3 is 2.86 bits per heavy atom. The molecule has 2 N–H and O–H groups in total. The summed E-state index contributed by atoms with van der Waals surface area (Å²) in [6, 6.07) is 2.42. The fourth-order valence-electron chi connectivity index (χ4n) is 2.08. The minimum Gasteiger partial charge on any atom is -0.327 e. The van der Waals surface area contributed by atoms with Crippen molar-refractivity contribution < 1.29 is 0 Å². The van der Waals surface area contributed by atoms with Gasteiger partial charge in [-0.05, 0) is 38.0 Å². The van der Waals surface area contributed by atoms with Crippen molar-refractivity contribution in [3.8, 4) is 6.07 Å². The van der Waals surface area contributed by atoms with E-state index in [1.165, 1.54) is 0 Å². The SMILES string of the molecule is C=CC1CC(/C=C(\C)C#N)CC[C@@H]1N. The summed E-state index contributed by atoms with van der Waals surface area (Å²) in [7, 11) is 0. The quantitative estimate of drug-likeness (QED) is 0.537. The van der Waals surface area contributed by atoms with Gasteiger partial charge in [-0.1, -0.05) is 12.2 Å². The molecule has 3 atom stereocenters. The molecular weight excluding hydrogens is 172 g/mol. The van der Waals surface area contributed by atoms with E-state index in [1.54, 1.807) is 0 Å². The van der Waals surface area contributed by atoms with E-state index in [4.69, 9.17) is 11.0 Å². The molecule has 2 nitrogen and oxygen atoms in total. The van der Waals surface area contributed by atoms with E-state index in [0.717, 1.165) is 24.8 Å². The van der Waals surface area contributed by atoms with Crippen LogP contribution in [0.2, 0.25) is 0 Å². The molecule has 0 bridgehead atoms. The normalized spacial score (nSPS) is 33.5. The van der Waals surface area contributed by atoms with Crippen molar-refractivity contribution in [1.29, 1.82) is 5.26 Å².